The average molecular weight is 187 g/mol. The summed E-state index contributed by atoms with van der Waals surface area (Å²) < 4.78 is 0. The third-order valence-corrected chi connectivity index (χ3v) is 1.82. The summed E-state index contributed by atoms with van der Waals surface area (Å²) in [6.45, 7) is 5.21. The molecule has 0 saturated heterocycles. The second-order valence-electron chi connectivity index (χ2n) is 2.78. The van der Waals surface area contributed by atoms with Gasteiger partial charge in [0.25, 0.3) is 0 Å². The van der Waals surface area contributed by atoms with E-state index in [0.29, 0.717) is 5.56 Å². The molecule has 1 rings (SSSR count). The SMILES string of the molecule is C=C(N=[N+]=[N-])C(=O)c1ccccc1C. The summed E-state index contributed by atoms with van der Waals surface area (Å²) in [5, 5.41) is 3.18. The van der Waals surface area contributed by atoms with E-state index in [-0.39, 0.29) is 11.5 Å². The van der Waals surface area contributed by atoms with Crippen LogP contribution in [-0.4, -0.2) is 5.78 Å². The Hall–Kier alpha value is -2.06. The minimum absolute atomic E-state index is 0.0817. The zero-order chi connectivity index (χ0) is 10.6. The normalized spacial score (nSPS) is 8.93. The van der Waals surface area contributed by atoms with E-state index in [4.69, 9.17) is 5.53 Å². The highest BCUT2D eigenvalue weighted by Crippen LogP contribution is 2.12. The third-order valence-electron chi connectivity index (χ3n) is 1.82. The molecule has 0 bridgehead atoms. The highest BCUT2D eigenvalue weighted by atomic mass is 16.1. The van der Waals surface area contributed by atoms with Crippen LogP contribution >= 0.6 is 0 Å². The van der Waals surface area contributed by atoms with Crippen LogP contribution in [0.2, 0.25) is 0 Å². The zero-order valence-electron chi connectivity index (χ0n) is 7.77. The van der Waals surface area contributed by atoms with Crippen molar-refractivity contribution in [2.45, 2.75) is 6.92 Å². The first-order valence-electron chi connectivity index (χ1n) is 4.01. The summed E-state index contributed by atoms with van der Waals surface area (Å²) in [7, 11) is 0. The fourth-order valence-corrected chi connectivity index (χ4v) is 1.08. The van der Waals surface area contributed by atoms with E-state index in [1.54, 1.807) is 12.1 Å². The second kappa shape index (κ2) is 4.25. The largest absolute Gasteiger partial charge is 0.289 e. The molecule has 0 radical (unpaired) electrons. The quantitative estimate of drug-likeness (QED) is 0.236. The Kier molecular flexibility index (Phi) is 3.05. The number of carbonyl (C=O) groups is 1. The van der Waals surface area contributed by atoms with E-state index < -0.39 is 0 Å². The van der Waals surface area contributed by atoms with Crippen molar-refractivity contribution < 1.29 is 4.79 Å². The van der Waals surface area contributed by atoms with Gasteiger partial charge in [-0.2, -0.15) is 0 Å². The molecule has 0 saturated carbocycles. The molecule has 0 spiro atoms. The Morgan fingerprint density at radius 3 is 2.71 bits per heavy atom. The number of aryl methyl sites for hydroxylation is 1. The van der Waals surface area contributed by atoms with Crippen LogP contribution in [0.3, 0.4) is 0 Å². The van der Waals surface area contributed by atoms with Gasteiger partial charge in [0.05, 0.1) is 5.70 Å². The minimum Gasteiger partial charge on any atom is -0.289 e. The van der Waals surface area contributed by atoms with Crippen molar-refractivity contribution in [2.24, 2.45) is 5.11 Å². The van der Waals surface area contributed by atoms with Gasteiger partial charge in [0.2, 0.25) is 0 Å². The van der Waals surface area contributed by atoms with Crippen molar-refractivity contribution in [1.82, 2.24) is 0 Å². The van der Waals surface area contributed by atoms with Crippen molar-refractivity contribution in [3.8, 4) is 0 Å². The van der Waals surface area contributed by atoms with Gasteiger partial charge in [0.1, 0.15) is 0 Å². The maximum Gasteiger partial charge on any atom is 0.195 e. The average Bonchev–Trinajstić information content (AvgIpc) is 2.18. The number of hydrogen-bond acceptors (Lipinski definition) is 2. The molecular weight excluding hydrogens is 178 g/mol. The molecule has 0 aromatic heterocycles. The highest BCUT2D eigenvalue weighted by molar-refractivity contribution is 6.08. The lowest BCUT2D eigenvalue weighted by Gasteiger charge is -2.02. The molecule has 4 heteroatoms. The molecular formula is C10H9N3O. The van der Waals surface area contributed by atoms with Crippen LogP contribution in [0.4, 0.5) is 0 Å². The Morgan fingerprint density at radius 2 is 2.14 bits per heavy atom. The Morgan fingerprint density at radius 1 is 1.50 bits per heavy atom. The van der Waals surface area contributed by atoms with E-state index >= 15 is 0 Å². The lowest BCUT2D eigenvalue weighted by atomic mass is 10.0. The van der Waals surface area contributed by atoms with Crippen LogP contribution in [0, 0.1) is 6.92 Å². The standard InChI is InChI=1S/C10H9N3O/c1-7-5-3-4-6-9(7)10(14)8(2)12-13-11/h3-6H,2H2,1H3. The molecule has 0 heterocycles. The summed E-state index contributed by atoms with van der Waals surface area (Å²) in [4.78, 5) is 14.1. The van der Waals surface area contributed by atoms with E-state index in [1.807, 2.05) is 19.1 Å². The summed E-state index contributed by atoms with van der Waals surface area (Å²) in [6.07, 6.45) is 0. The van der Waals surface area contributed by atoms with Crippen LogP contribution < -0.4 is 0 Å². The zero-order valence-corrected chi connectivity index (χ0v) is 7.77. The number of Topliss-reactive ketones (excluding diaryl/α,β-unsaturated/α-hetero) is 1. The lowest BCUT2D eigenvalue weighted by molar-refractivity contribution is 0.103. The number of benzene rings is 1. The van der Waals surface area contributed by atoms with E-state index in [1.165, 1.54) is 0 Å². The predicted octanol–water partition coefficient (Wildman–Crippen LogP) is 3.00. The summed E-state index contributed by atoms with van der Waals surface area (Å²) in [6, 6.07) is 7.08. The number of carbonyl (C=O) groups excluding carboxylic acids is 1. The van der Waals surface area contributed by atoms with Gasteiger partial charge >= 0.3 is 0 Å². The van der Waals surface area contributed by atoms with Crippen molar-refractivity contribution in [1.29, 1.82) is 0 Å². The number of hydrogen-bond donors (Lipinski definition) is 0. The Balaban J connectivity index is 3.07. The molecule has 0 atom stereocenters. The first-order chi connectivity index (χ1) is 6.66. The molecule has 1 aromatic rings. The maximum absolute atomic E-state index is 11.6. The molecule has 0 aliphatic rings. The molecule has 0 aliphatic heterocycles. The molecule has 0 amide bonds. The number of ketones is 1. The molecule has 0 N–H and O–H groups in total. The molecule has 0 aliphatic carbocycles. The van der Waals surface area contributed by atoms with Gasteiger partial charge in [-0.3, -0.25) is 4.79 Å². The topological polar surface area (TPSA) is 65.8 Å². The van der Waals surface area contributed by atoms with Crippen molar-refractivity contribution >= 4 is 5.78 Å². The Bertz CT molecular complexity index is 431. The highest BCUT2D eigenvalue weighted by Gasteiger charge is 2.10. The lowest BCUT2D eigenvalue weighted by Crippen LogP contribution is -2.02. The molecule has 0 unspecified atom stereocenters. The Labute approximate surface area is 81.5 Å². The van der Waals surface area contributed by atoms with E-state index in [2.05, 4.69) is 16.6 Å². The second-order valence-corrected chi connectivity index (χ2v) is 2.78. The number of allylic oxidation sites excluding steroid dienone is 1. The van der Waals surface area contributed by atoms with Gasteiger partial charge < -0.3 is 0 Å². The molecule has 70 valence electrons. The smallest absolute Gasteiger partial charge is 0.195 e. The minimum atomic E-state index is -0.332. The number of nitrogens with zero attached hydrogens (tertiary/aromatic N) is 3. The van der Waals surface area contributed by atoms with Gasteiger partial charge in [-0.25, -0.2) is 0 Å². The number of rotatable bonds is 3. The van der Waals surface area contributed by atoms with E-state index in [9.17, 15) is 4.79 Å². The first-order valence-corrected chi connectivity index (χ1v) is 4.01. The predicted molar refractivity (Wildman–Crippen MR) is 53.8 cm³/mol. The van der Waals surface area contributed by atoms with Gasteiger partial charge in [-0.1, -0.05) is 36.0 Å². The van der Waals surface area contributed by atoms with Gasteiger partial charge in [-0.15, -0.1) is 0 Å². The monoisotopic (exact) mass is 187 g/mol. The molecule has 0 fully saturated rings. The van der Waals surface area contributed by atoms with Crippen LogP contribution in [0.25, 0.3) is 10.4 Å². The summed E-state index contributed by atoms with van der Waals surface area (Å²) >= 11 is 0. The first kappa shape index (κ1) is 10.0. The fourth-order valence-electron chi connectivity index (χ4n) is 1.08. The van der Waals surface area contributed by atoms with Crippen molar-refractivity contribution in [3.63, 3.8) is 0 Å². The van der Waals surface area contributed by atoms with Crippen LogP contribution in [-0.2, 0) is 0 Å². The molecule has 4 nitrogen and oxygen atoms in total. The van der Waals surface area contributed by atoms with Gasteiger partial charge in [0, 0.05) is 10.5 Å². The maximum atomic E-state index is 11.6. The molecule has 14 heavy (non-hydrogen) atoms. The molecule has 1 aromatic carbocycles. The van der Waals surface area contributed by atoms with Crippen LogP contribution in [0.15, 0.2) is 41.7 Å². The summed E-state index contributed by atoms with van der Waals surface area (Å²) in [5.74, 6) is -0.332. The number of azide groups is 1. The van der Waals surface area contributed by atoms with Crippen molar-refractivity contribution in [3.05, 3.63) is 58.1 Å². The fraction of sp³-hybridized carbons (Fsp3) is 0.100. The van der Waals surface area contributed by atoms with Crippen LogP contribution in [0.5, 0.6) is 0 Å². The van der Waals surface area contributed by atoms with Gasteiger partial charge in [-0.05, 0) is 18.0 Å². The van der Waals surface area contributed by atoms with Gasteiger partial charge in [0.15, 0.2) is 5.78 Å². The van der Waals surface area contributed by atoms with Crippen LogP contribution in [0.1, 0.15) is 15.9 Å². The van der Waals surface area contributed by atoms with E-state index in [0.717, 1.165) is 5.56 Å². The summed E-state index contributed by atoms with van der Waals surface area (Å²) in [5.41, 5.74) is 9.42. The third kappa shape index (κ3) is 2.00. The van der Waals surface area contributed by atoms with Crippen molar-refractivity contribution in [2.75, 3.05) is 0 Å².